The molecule has 0 radical (unpaired) electrons. The number of fused-ring (bicyclic) bond motifs is 1. The van der Waals surface area contributed by atoms with Gasteiger partial charge in [-0.2, -0.15) is 5.26 Å². The van der Waals surface area contributed by atoms with Crippen LogP contribution in [0.15, 0.2) is 42.4 Å². The number of halogens is 2. The Kier molecular flexibility index (Phi) is 6.45. The van der Waals surface area contributed by atoms with Gasteiger partial charge in [0.15, 0.2) is 0 Å². The summed E-state index contributed by atoms with van der Waals surface area (Å²) in [4.78, 5) is 8.86. The third kappa shape index (κ3) is 5.54. The topological polar surface area (TPSA) is 101 Å². The lowest BCUT2D eigenvalue weighted by atomic mass is 9.96. The van der Waals surface area contributed by atoms with Crippen molar-refractivity contribution >= 4 is 45.5 Å². The minimum atomic E-state index is -1.46. The van der Waals surface area contributed by atoms with Crippen LogP contribution in [0, 0.1) is 23.7 Å². The van der Waals surface area contributed by atoms with Gasteiger partial charge in [0.25, 0.3) is 0 Å². The Balaban J connectivity index is 1.62. The summed E-state index contributed by atoms with van der Waals surface area (Å²) < 4.78 is 9.71. The van der Waals surface area contributed by atoms with Crippen LogP contribution in [0.25, 0.3) is 10.9 Å². The summed E-state index contributed by atoms with van der Waals surface area (Å²) in [5.41, 5.74) is 10.4. The van der Waals surface area contributed by atoms with E-state index in [0.29, 0.717) is 67.6 Å². The Labute approximate surface area is 228 Å². The zero-order valence-corrected chi connectivity index (χ0v) is 22.7. The lowest BCUT2D eigenvalue weighted by Gasteiger charge is -2.24. The zero-order chi connectivity index (χ0) is 27.2. The molecule has 2 aromatic heterocycles. The molecule has 2 aliphatic rings. The molecule has 10 heteroatoms. The van der Waals surface area contributed by atoms with Crippen molar-refractivity contribution in [3.05, 3.63) is 69.4 Å². The fraction of sp³-hybridized carbons (Fsp3) is 0.370. The van der Waals surface area contributed by atoms with Gasteiger partial charge in [-0.25, -0.2) is 4.98 Å². The molecule has 0 amide bonds. The molecule has 5 rings (SSSR count). The molecule has 3 aromatic rings. The maximum absolute atomic E-state index is 9.80. The molecule has 0 saturated heterocycles. The molecule has 1 saturated carbocycles. The van der Waals surface area contributed by atoms with Crippen molar-refractivity contribution in [3.8, 4) is 6.07 Å². The molecule has 1 aliphatic carbocycles. The van der Waals surface area contributed by atoms with Crippen LogP contribution in [0.4, 0.5) is 11.4 Å². The summed E-state index contributed by atoms with van der Waals surface area (Å²) in [6.45, 7) is 8.83. The van der Waals surface area contributed by atoms with Crippen LogP contribution in [0.3, 0.4) is 0 Å². The predicted molar refractivity (Wildman–Crippen MR) is 149 cm³/mol. The number of pyridine rings is 2. The SMILES string of the molecule is [2H][C@@](Nc1cc(Cl)c2ncc(C#N)c(NCC(C)(C)C)c2c1)(C1=CN(C2CC2)NN1)c1ccc(Cl)nc1C. The molecule has 3 heterocycles. The van der Waals surface area contributed by atoms with E-state index in [1.165, 1.54) is 6.20 Å². The molecule has 1 aromatic carbocycles. The van der Waals surface area contributed by atoms with Crippen LogP contribution in [-0.4, -0.2) is 27.6 Å². The largest absolute Gasteiger partial charge is 0.383 e. The predicted octanol–water partition coefficient (Wildman–Crippen LogP) is 6.06. The minimum absolute atomic E-state index is 0.0154. The lowest BCUT2D eigenvalue weighted by Crippen LogP contribution is -2.38. The number of hydrogen-bond donors (Lipinski definition) is 4. The summed E-state index contributed by atoms with van der Waals surface area (Å²) in [6.07, 6.45) is 5.64. The van der Waals surface area contributed by atoms with Crippen molar-refractivity contribution in [3.63, 3.8) is 0 Å². The molecule has 0 spiro atoms. The molecular formula is C27H30Cl2N8. The van der Waals surface area contributed by atoms with E-state index in [1.54, 1.807) is 18.2 Å². The summed E-state index contributed by atoms with van der Waals surface area (Å²) in [6, 6.07) is 8.29. The molecule has 0 unspecified atom stereocenters. The first-order valence-corrected chi connectivity index (χ1v) is 12.9. The highest BCUT2D eigenvalue weighted by Gasteiger charge is 2.33. The number of nitrogens with zero attached hydrogens (tertiary/aromatic N) is 4. The number of hydrogen-bond acceptors (Lipinski definition) is 8. The van der Waals surface area contributed by atoms with Crippen LogP contribution in [-0.2, 0) is 0 Å². The zero-order valence-electron chi connectivity index (χ0n) is 22.2. The van der Waals surface area contributed by atoms with Crippen molar-refractivity contribution in [2.75, 3.05) is 17.2 Å². The standard InChI is InChI=1S/C27H30Cl2N8/c1-15-19(7-8-23(29)33-15)26(22-13-37(36-35-22)18-5-6-18)34-17-9-20-24(32-14-27(2,3)4)16(11-30)12-31-25(20)21(28)10-17/h7-10,12-13,18,26,34-36H,5-6,14H2,1-4H3,(H,31,32)/t26-/m0/s1/i26D. The second-order valence-corrected chi connectivity index (χ2v) is 11.4. The van der Waals surface area contributed by atoms with E-state index in [9.17, 15) is 6.63 Å². The lowest BCUT2D eigenvalue weighted by molar-refractivity contribution is 0.260. The maximum Gasteiger partial charge on any atom is 0.129 e. The third-order valence-corrected chi connectivity index (χ3v) is 6.73. The molecule has 192 valence electrons. The van der Waals surface area contributed by atoms with E-state index in [2.05, 4.69) is 58.4 Å². The molecular weight excluding hydrogens is 507 g/mol. The number of nitriles is 1. The Bertz CT molecular complexity index is 1470. The van der Waals surface area contributed by atoms with E-state index in [0.717, 1.165) is 12.8 Å². The van der Waals surface area contributed by atoms with Gasteiger partial charge in [-0.1, -0.05) is 50.0 Å². The quantitative estimate of drug-likeness (QED) is 0.270. The Morgan fingerprint density at radius 1 is 1.30 bits per heavy atom. The van der Waals surface area contributed by atoms with Gasteiger partial charge in [0.2, 0.25) is 0 Å². The van der Waals surface area contributed by atoms with Gasteiger partial charge in [0.05, 0.1) is 34.9 Å². The van der Waals surface area contributed by atoms with Crippen molar-refractivity contribution in [1.29, 1.82) is 5.26 Å². The van der Waals surface area contributed by atoms with Gasteiger partial charge in [0, 0.05) is 47.3 Å². The van der Waals surface area contributed by atoms with Crippen molar-refractivity contribution in [2.45, 2.75) is 52.6 Å². The first kappa shape index (κ1) is 24.1. The normalized spacial score (nSPS) is 17.5. The van der Waals surface area contributed by atoms with Crippen LogP contribution in [0.5, 0.6) is 0 Å². The second-order valence-electron chi connectivity index (χ2n) is 10.6. The Morgan fingerprint density at radius 2 is 2.08 bits per heavy atom. The summed E-state index contributed by atoms with van der Waals surface area (Å²) in [5.74, 6) is 0. The van der Waals surface area contributed by atoms with Crippen molar-refractivity contribution in [1.82, 2.24) is 25.9 Å². The summed E-state index contributed by atoms with van der Waals surface area (Å²) in [7, 11) is 0. The monoisotopic (exact) mass is 537 g/mol. The van der Waals surface area contributed by atoms with Crippen molar-refractivity contribution < 1.29 is 1.37 Å². The van der Waals surface area contributed by atoms with Gasteiger partial charge < -0.3 is 16.1 Å². The van der Waals surface area contributed by atoms with E-state index in [4.69, 9.17) is 23.2 Å². The molecule has 37 heavy (non-hydrogen) atoms. The Morgan fingerprint density at radius 3 is 2.76 bits per heavy atom. The van der Waals surface area contributed by atoms with E-state index in [-0.39, 0.29) is 5.41 Å². The van der Waals surface area contributed by atoms with Crippen LogP contribution < -0.4 is 21.6 Å². The minimum Gasteiger partial charge on any atom is -0.383 e. The number of rotatable bonds is 7. The van der Waals surface area contributed by atoms with E-state index >= 15 is 0 Å². The number of aromatic nitrogens is 2. The van der Waals surface area contributed by atoms with Crippen molar-refractivity contribution in [2.24, 2.45) is 5.41 Å². The molecule has 4 N–H and O–H groups in total. The number of nitrogens with one attached hydrogen (secondary N) is 4. The molecule has 1 atom stereocenters. The highest BCUT2D eigenvalue weighted by molar-refractivity contribution is 6.35. The molecule has 0 bridgehead atoms. The van der Waals surface area contributed by atoms with Gasteiger partial charge in [-0.15, -0.1) is 5.53 Å². The molecule has 1 aliphatic heterocycles. The highest BCUT2D eigenvalue weighted by atomic mass is 35.5. The third-order valence-electron chi connectivity index (χ3n) is 6.23. The fourth-order valence-electron chi connectivity index (χ4n) is 4.18. The van der Waals surface area contributed by atoms with Crippen LogP contribution in [0.2, 0.25) is 10.2 Å². The number of hydrazine groups is 2. The smallest absolute Gasteiger partial charge is 0.129 e. The first-order valence-electron chi connectivity index (χ1n) is 12.7. The summed E-state index contributed by atoms with van der Waals surface area (Å²) >= 11 is 12.9. The number of anilines is 2. The molecule has 8 nitrogen and oxygen atoms in total. The van der Waals surface area contributed by atoms with Crippen LogP contribution >= 0.6 is 23.2 Å². The summed E-state index contributed by atoms with van der Waals surface area (Å²) in [5, 5.41) is 20.1. The first-order chi connectivity index (χ1) is 18.0. The number of aryl methyl sites for hydroxylation is 1. The number of benzene rings is 1. The fourth-order valence-corrected chi connectivity index (χ4v) is 4.64. The van der Waals surface area contributed by atoms with Gasteiger partial charge >= 0.3 is 0 Å². The van der Waals surface area contributed by atoms with Gasteiger partial charge in [-0.05, 0) is 43.4 Å². The van der Waals surface area contributed by atoms with Gasteiger partial charge in [-0.3, -0.25) is 9.99 Å². The van der Waals surface area contributed by atoms with Gasteiger partial charge in [0.1, 0.15) is 11.2 Å². The highest BCUT2D eigenvalue weighted by Crippen LogP contribution is 2.37. The van der Waals surface area contributed by atoms with E-state index in [1.807, 2.05) is 24.2 Å². The average molecular weight is 539 g/mol. The maximum atomic E-state index is 9.80. The average Bonchev–Trinajstić information content (AvgIpc) is 3.57. The van der Waals surface area contributed by atoms with E-state index < -0.39 is 6.02 Å². The van der Waals surface area contributed by atoms with Crippen LogP contribution in [0.1, 0.15) is 57.8 Å². The Hall–Kier alpha value is -3.25. The molecule has 1 fully saturated rings. The second kappa shape index (κ2) is 9.90.